The van der Waals surface area contributed by atoms with Crippen molar-refractivity contribution in [3.05, 3.63) is 70.8 Å². The van der Waals surface area contributed by atoms with Crippen LogP contribution in [-0.4, -0.2) is 46.8 Å². The molecule has 9 nitrogen and oxygen atoms in total. The number of rotatable bonds is 11. The fraction of sp³-hybridized carbons (Fsp3) is 0.360. The Hall–Kier alpha value is -3.72. The summed E-state index contributed by atoms with van der Waals surface area (Å²) in [4.78, 5) is 41.9. The largest absolute Gasteiger partial charge is 0.492 e. The molecule has 34 heavy (non-hydrogen) atoms. The van der Waals surface area contributed by atoms with Gasteiger partial charge in [-0.3, -0.25) is 14.2 Å². The van der Waals surface area contributed by atoms with Crippen LogP contribution >= 0.6 is 0 Å². The Balaban J connectivity index is 1.71. The fourth-order valence-electron chi connectivity index (χ4n) is 3.83. The first-order valence-electron chi connectivity index (χ1n) is 11.1. The molecule has 0 aliphatic heterocycles. The summed E-state index contributed by atoms with van der Waals surface area (Å²) in [5.74, 6) is -1.85. The van der Waals surface area contributed by atoms with Gasteiger partial charge in [0.25, 0.3) is 11.5 Å². The number of aromatic nitrogens is 2. The molecule has 0 bridgehead atoms. The quantitative estimate of drug-likeness (QED) is 0.339. The van der Waals surface area contributed by atoms with Gasteiger partial charge in [-0.25, -0.2) is 9.78 Å². The Labute approximate surface area is 197 Å². The number of nitrogens with zero attached hydrogens (tertiary/aromatic N) is 2. The van der Waals surface area contributed by atoms with Crippen LogP contribution in [0.2, 0.25) is 0 Å². The molecule has 3 aromatic rings. The Bertz CT molecular complexity index is 1210. The van der Waals surface area contributed by atoms with E-state index < -0.39 is 23.4 Å². The van der Waals surface area contributed by atoms with Crippen LogP contribution in [-0.2, 0) is 25.6 Å². The molecule has 0 aliphatic carbocycles. The maximum Gasteiger partial charge on any atom is 0.349 e. The number of esters is 1. The molecule has 0 saturated carbocycles. The number of primary amides is 1. The van der Waals surface area contributed by atoms with Crippen LogP contribution in [0.25, 0.3) is 10.9 Å². The maximum atomic E-state index is 12.7. The second-order valence-electron chi connectivity index (χ2n) is 7.65. The molecule has 180 valence electrons. The van der Waals surface area contributed by atoms with Crippen molar-refractivity contribution >= 4 is 22.8 Å². The fourth-order valence-corrected chi connectivity index (χ4v) is 3.83. The van der Waals surface area contributed by atoms with Crippen LogP contribution < -0.4 is 16.0 Å². The lowest BCUT2D eigenvalue weighted by Crippen LogP contribution is -2.57. The highest BCUT2D eigenvalue weighted by molar-refractivity contribution is 6.06. The van der Waals surface area contributed by atoms with Gasteiger partial charge in [0, 0.05) is 12.5 Å². The Morgan fingerprint density at radius 2 is 1.79 bits per heavy atom. The van der Waals surface area contributed by atoms with Crippen molar-refractivity contribution < 1.29 is 23.8 Å². The van der Waals surface area contributed by atoms with E-state index in [1.54, 1.807) is 63.2 Å². The predicted octanol–water partition coefficient (Wildman–Crippen LogP) is 2.40. The average molecular weight is 468 g/mol. The van der Waals surface area contributed by atoms with Crippen LogP contribution in [0.4, 0.5) is 0 Å². The summed E-state index contributed by atoms with van der Waals surface area (Å²) in [7, 11) is 0. The lowest BCUT2D eigenvalue weighted by Gasteiger charge is -2.33. The van der Waals surface area contributed by atoms with Crippen molar-refractivity contribution in [3.63, 3.8) is 0 Å². The minimum absolute atomic E-state index is 0.0935. The number of carbonyl (C=O) groups excluding carboxylic acids is 2. The van der Waals surface area contributed by atoms with E-state index >= 15 is 0 Å². The first kappa shape index (κ1) is 24.9. The molecule has 2 aromatic carbocycles. The minimum atomic E-state index is -1.93. The molecular weight excluding hydrogens is 438 g/mol. The van der Waals surface area contributed by atoms with E-state index in [1.807, 2.05) is 6.07 Å². The molecule has 0 spiro atoms. The van der Waals surface area contributed by atoms with Crippen molar-refractivity contribution in [1.82, 2.24) is 9.55 Å². The molecule has 0 aliphatic rings. The summed E-state index contributed by atoms with van der Waals surface area (Å²) in [6.45, 7) is 5.79. The lowest BCUT2D eigenvalue weighted by molar-refractivity contribution is -0.179. The SMILES string of the molecule is CCOC(=O)C(OCC)(C(N)=O)C(C)c1ccc(OCCn2cnc3ccccc3c2=O)cc1. The van der Waals surface area contributed by atoms with E-state index in [0.29, 0.717) is 28.8 Å². The monoisotopic (exact) mass is 467 g/mol. The summed E-state index contributed by atoms with van der Waals surface area (Å²) in [5.41, 5.74) is 4.85. The summed E-state index contributed by atoms with van der Waals surface area (Å²) >= 11 is 0. The Morgan fingerprint density at radius 3 is 2.44 bits per heavy atom. The smallest absolute Gasteiger partial charge is 0.349 e. The molecule has 0 saturated heterocycles. The highest BCUT2D eigenvalue weighted by Crippen LogP contribution is 2.34. The van der Waals surface area contributed by atoms with Crippen LogP contribution in [0.1, 0.15) is 32.3 Å². The van der Waals surface area contributed by atoms with Gasteiger partial charge in [-0.15, -0.1) is 0 Å². The Morgan fingerprint density at radius 1 is 1.09 bits per heavy atom. The van der Waals surface area contributed by atoms with Gasteiger partial charge in [-0.1, -0.05) is 31.2 Å². The number of para-hydroxylation sites is 1. The van der Waals surface area contributed by atoms with Crippen LogP contribution in [0.15, 0.2) is 59.7 Å². The van der Waals surface area contributed by atoms with E-state index in [1.165, 1.54) is 10.9 Å². The molecular formula is C25H29N3O6. The third kappa shape index (κ3) is 4.94. The summed E-state index contributed by atoms with van der Waals surface area (Å²) in [5, 5.41) is 0.553. The van der Waals surface area contributed by atoms with Crippen LogP contribution in [0.3, 0.4) is 0 Å². The van der Waals surface area contributed by atoms with Gasteiger partial charge < -0.3 is 19.9 Å². The molecule has 1 aromatic heterocycles. The number of hydrogen-bond donors (Lipinski definition) is 1. The van der Waals surface area contributed by atoms with E-state index in [2.05, 4.69) is 4.98 Å². The van der Waals surface area contributed by atoms with Crippen molar-refractivity contribution in [2.45, 2.75) is 38.8 Å². The topological polar surface area (TPSA) is 123 Å². The highest BCUT2D eigenvalue weighted by Gasteiger charge is 2.52. The van der Waals surface area contributed by atoms with Gasteiger partial charge in [0.05, 0.1) is 30.4 Å². The first-order valence-corrected chi connectivity index (χ1v) is 11.1. The number of amides is 1. The molecule has 2 N–H and O–H groups in total. The van der Waals surface area contributed by atoms with Gasteiger partial charge in [-0.2, -0.15) is 0 Å². The molecule has 0 fully saturated rings. The third-order valence-corrected chi connectivity index (χ3v) is 5.64. The number of hydrogen-bond acceptors (Lipinski definition) is 7. The first-order chi connectivity index (χ1) is 16.3. The van der Waals surface area contributed by atoms with E-state index in [0.717, 1.165) is 0 Å². The number of ether oxygens (including phenoxy) is 3. The van der Waals surface area contributed by atoms with Crippen molar-refractivity contribution in [1.29, 1.82) is 0 Å². The van der Waals surface area contributed by atoms with Gasteiger partial charge in [0.2, 0.25) is 5.60 Å². The summed E-state index contributed by atoms with van der Waals surface area (Å²) in [6, 6.07) is 14.1. The lowest BCUT2D eigenvalue weighted by atomic mass is 9.82. The standard InChI is InChI=1S/C25H29N3O6/c1-4-32-24(31)25(23(26)30,34-5-2)17(3)18-10-12-19(13-11-18)33-15-14-28-16-27-21-9-7-6-8-20(21)22(28)29/h6-13,16-17H,4-5,14-15H2,1-3H3,(H2,26,30). The Kier molecular flexibility index (Phi) is 8.01. The van der Waals surface area contributed by atoms with Crippen LogP contribution in [0.5, 0.6) is 5.75 Å². The van der Waals surface area contributed by atoms with E-state index in [9.17, 15) is 14.4 Å². The van der Waals surface area contributed by atoms with Gasteiger partial charge in [0.15, 0.2) is 0 Å². The molecule has 0 radical (unpaired) electrons. The second kappa shape index (κ2) is 10.9. The molecule has 1 amide bonds. The number of nitrogens with two attached hydrogens (primary N) is 1. The number of benzene rings is 2. The highest BCUT2D eigenvalue weighted by atomic mass is 16.6. The van der Waals surface area contributed by atoms with Crippen molar-refractivity contribution in [2.75, 3.05) is 19.8 Å². The zero-order chi connectivity index (χ0) is 24.7. The zero-order valence-electron chi connectivity index (χ0n) is 19.5. The summed E-state index contributed by atoms with van der Waals surface area (Å²) in [6.07, 6.45) is 1.51. The predicted molar refractivity (Wildman–Crippen MR) is 127 cm³/mol. The van der Waals surface area contributed by atoms with Crippen molar-refractivity contribution in [2.24, 2.45) is 5.73 Å². The third-order valence-electron chi connectivity index (χ3n) is 5.64. The van der Waals surface area contributed by atoms with Gasteiger partial charge in [0.1, 0.15) is 12.4 Å². The number of carbonyl (C=O) groups is 2. The van der Waals surface area contributed by atoms with Crippen molar-refractivity contribution in [3.8, 4) is 5.75 Å². The summed E-state index contributed by atoms with van der Waals surface area (Å²) < 4.78 is 18.0. The molecule has 2 unspecified atom stereocenters. The second-order valence-corrected chi connectivity index (χ2v) is 7.65. The van der Waals surface area contributed by atoms with E-state index in [-0.39, 0.29) is 25.4 Å². The van der Waals surface area contributed by atoms with Crippen LogP contribution in [0, 0.1) is 0 Å². The molecule has 9 heteroatoms. The van der Waals surface area contributed by atoms with E-state index in [4.69, 9.17) is 19.9 Å². The maximum absolute atomic E-state index is 12.7. The molecule has 3 rings (SSSR count). The molecule has 1 heterocycles. The average Bonchev–Trinajstić information content (AvgIpc) is 2.84. The molecule has 2 atom stereocenters. The minimum Gasteiger partial charge on any atom is -0.492 e. The number of fused-ring (bicyclic) bond motifs is 1. The zero-order valence-corrected chi connectivity index (χ0v) is 19.5. The van der Waals surface area contributed by atoms with Gasteiger partial charge >= 0.3 is 5.97 Å². The normalized spacial score (nSPS) is 13.7. The van der Waals surface area contributed by atoms with Gasteiger partial charge in [-0.05, 0) is 43.7 Å².